The van der Waals surface area contributed by atoms with Gasteiger partial charge in [0.15, 0.2) is 0 Å². The summed E-state index contributed by atoms with van der Waals surface area (Å²) in [7, 11) is 0. The Kier molecular flexibility index (Phi) is 1.86. The molecule has 1 aliphatic rings. The fourth-order valence-corrected chi connectivity index (χ4v) is 2.50. The van der Waals surface area contributed by atoms with Gasteiger partial charge in [0.1, 0.15) is 5.58 Å². The fraction of sp³-hybridized carbons (Fsp3) is 0.385. The van der Waals surface area contributed by atoms with Crippen LogP contribution in [0.2, 0.25) is 0 Å². The van der Waals surface area contributed by atoms with Crippen LogP contribution in [0, 0.1) is 0 Å². The molecule has 2 heteroatoms. The fourth-order valence-electron chi connectivity index (χ4n) is 2.50. The molecule has 1 aliphatic carbocycles. The number of hydrogen-bond acceptors (Lipinski definition) is 2. The molecule has 1 N–H and O–H groups in total. The Bertz CT molecular complexity index is 474. The Morgan fingerprint density at radius 2 is 2.07 bits per heavy atom. The first-order chi connectivity index (χ1) is 7.36. The van der Waals surface area contributed by atoms with E-state index in [1.165, 1.54) is 12.0 Å². The zero-order chi connectivity index (χ0) is 10.3. The van der Waals surface area contributed by atoms with Crippen LogP contribution < -0.4 is 0 Å². The molecule has 2 nitrogen and oxygen atoms in total. The average molecular weight is 202 g/mol. The molecule has 3 rings (SSSR count). The summed E-state index contributed by atoms with van der Waals surface area (Å²) >= 11 is 0. The number of benzene rings is 1. The third-order valence-electron chi connectivity index (χ3n) is 3.67. The zero-order valence-electron chi connectivity index (χ0n) is 8.57. The summed E-state index contributed by atoms with van der Waals surface area (Å²) in [6.07, 6.45) is 5.18. The first kappa shape index (κ1) is 8.98. The van der Waals surface area contributed by atoms with Crippen LogP contribution in [-0.4, -0.2) is 11.7 Å². The van der Waals surface area contributed by atoms with Gasteiger partial charge in [0.05, 0.1) is 12.9 Å². The first-order valence-corrected chi connectivity index (χ1v) is 5.43. The Morgan fingerprint density at radius 3 is 2.73 bits per heavy atom. The minimum atomic E-state index is -0.0212. The van der Waals surface area contributed by atoms with Crippen LogP contribution in [-0.2, 0) is 5.41 Å². The highest BCUT2D eigenvalue weighted by Crippen LogP contribution is 2.46. The van der Waals surface area contributed by atoms with E-state index in [9.17, 15) is 5.11 Å². The molecule has 1 aromatic heterocycles. The quantitative estimate of drug-likeness (QED) is 0.812. The Labute approximate surface area is 88.5 Å². The lowest BCUT2D eigenvalue weighted by Crippen LogP contribution is -2.37. The molecular weight excluding hydrogens is 188 g/mol. The van der Waals surface area contributed by atoms with E-state index in [-0.39, 0.29) is 12.0 Å². The topological polar surface area (TPSA) is 33.4 Å². The van der Waals surface area contributed by atoms with Crippen molar-refractivity contribution in [1.29, 1.82) is 0 Å². The van der Waals surface area contributed by atoms with Crippen LogP contribution in [0.25, 0.3) is 11.0 Å². The molecule has 0 aliphatic heterocycles. The SMILES string of the molecule is OCC1(c2coc3ccccc23)CCC1. The molecule has 0 amide bonds. The molecule has 0 spiro atoms. The maximum Gasteiger partial charge on any atom is 0.134 e. The molecule has 0 radical (unpaired) electrons. The highest BCUT2D eigenvalue weighted by Gasteiger charge is 2.40. The lowest BCUT2D eigenvalue weighted by molar-refractivity contribution is 0.120. The maximum absolute atomic E-state index is 9.53. The predicted molar refractivity (Wildman–Crippen MR) is 58.8 cm³/mol. The van der Waals surface area contributed by atoms with Crippen molar-refractivity contribution in [2.24, 2.45) is 0 Å². The molecule has 0 atom stereocenters. The van der Waals surface area contributed by atoms with Crippen LogP contribution >= 0.6 is 0 Å². The number of aliphatic hydroxyl groups is 1. The van der Waals surface area contributed by atoms with Gasteiger partial charge in [-0.15, -0.1) is 0 Å². The standard InChI is InChI=1S/C13H14O2/c14-9-13(6-3-7-13)11-8-15-12-5-2-1-4-10(11)12/h1-2,4-5,8,14H,3,6-7,9H2. The van der Waals surface area contributed by atoms with Crippen LogP contribution in [0.5, 0.6) is 0 Å². The van der Waals surface area contributed by atoms with Gasteiger partial charge >= 0.3 is 0 Å². The van der Waals surface area contributed by atoms with Gasteiger partial charge < -0.3 is 9.52 Å². The van der Waals surface area contributed by atoms with E-state index >= 15 is 0 Å². The van der Waals surface area contributed by atoms with Gasteiger partial charge in [-0.05, 0) is 18.9 Å². The molecule has 2 aromatic rings. The minimum absolute atomic E-state index is 0.0212. The van der Waals surface area contributed by atoms with Crippen LogP contribution in [0.1, 0.15) is 24.8 Å². The Morgan fingerprint density at radius 1 is 1.27 bits per heavy atom. The van der Waals surface area contributed by atoms with Crippen molar-refractivity contribution in [3.8, 4) is 0 Å². The highest BCUT2D eigenvalue weighted by molar-refractivity contribution is 5.82. The van der Waals surface area contributed by atoms with Crippen molar-refractivity contribution in [2.75, 3.05) is 6.61 Å². The highest BCUT2D eigenvalue weighted by atomic mass is 16.3. The van der Waals surface area contributed by atoms with Gasteiger partial charge in [0, 0.05) is 16.4 Å². The van der Waals surface area contributed by atoms with Crippen molar-refractivity contribution < 1.29 is 9.52 Å². The third kappa shape index (κ3) is 1.15. The lowest BCUT2D eigenvalue weighted by atomic mass is 9.65. The minimum Gasteiger partial charge on any atom is -0.464 e. The summed E-state index contributed by atoms with van der Waals surface area (Å²) in [6, 6.07) is 8.04. The predicted octanol–water partition coefficient (Wildman–Crippen LogP) is 2.85. The largest absolute Gasteiger partial charge is 0.464 e. The number of para-hydroxylation sites is 1. The van der Waals surface area contributed by atoms with Crippen LogP contribution in [0.15, 0.2) is 34.9 Å². The van der Waals surface area contributed by atoms with Gasteiger partial charge in [-0.3, -0.25) is 0 Å². The van der Waals surface area contributed by atoms with E-state index in [1.807, 2.05) is 24.5 Å². The summed E-state index contributed by atoms with van der Waals surface area (Å²) in [5.74, 6) is 0. The second-order valence-electron chi connectivity index (χ2n) is 4.44. The Hall–Kier alpha value is -1.28. The smallest absolute Gasteiger partial charge is 0.134 e. The number of furan rings is 1. The first-order valence-electron chi connectivity index (χ1n) is 5.43. The molecule has 0 unspecified atom stereocenters. The number of hydrogen-bond donors (Lipinski definition) is 1. The van der Waals surface area contributed by atoms with E-state index < -0.39 is 0 Å². The van der Waals surface area contributed by atoms with Gasteiger partial charge in [-0.2, -0.15) is 0 Å². The van der Waals surface area contributed by atoms with Crippen molar-refractivity contribution in [3.63, 3.8) is 0 Å². The summed E-state index contributed by atoms with van der Waals surface area (Å²) in [6.45, 7) is 0.233. The molecule has 1 aromatic carbocycles. The number of fused-ring (bicyclic) bond motifs is 1. The average Bonchev–Trinajstić information content (AvgIpc) is 2.62. The van der Waals surface area contributed by atoms with Gasteiger partial charge in [-0.25, -0.2) is 0 Å². The van der Waals surface area contributed by atoms with Crippen molar-refractivity contribution in [3.05, 3.63) is 36.1 Å². The van der Waals surface area contributed by atoms with Crippen LogP contribution in [0.3, 0.4) is 0 Å². The monoisotopic (exact) mass is 202 g/mol. The summed E-state index contributed by atoms with van der Waals surface area (Å²) in [5, 5.41) is 10.7. The molecule has 0 bridgehead atoms. The second-order valence-corrected chi connectivity index (χ2v) is 4.44. The molecule has 1 fully saturated rings. The van der Waals surface area contributed by atoms with Crippen LogP contribution in [0.4, 0.5) is 0 Å². The van der Waals surface area contributed by atoms with Gasteiger partial charge in [0.25, 0.3) is 0 Å². The second kappa shape index (κ2) is 3.11. The van der Waals surface area contributed by atoms with Crippen molar-refractivity contribution in [1.82, 2.24) is 0 Å². The van der Waals surface area contributed by atoms with E-state index in [2.05, 4.69) is 6.07 Å². The zero-order valence-corrected chi connectivity index (χ0v) is 8.57. The third-order valence-corrected chi connectivity index (χ3v) is 3.67. The molecule has 1 saturated carbocycles. The Balaban J connectivity index is 2.18. The lowest BCUT2D eigenvalue weighted by Gasteiger charge is -2.39. The van der Waals surface area contributed by atoms with Gasteiger partial charge in [-0.1, -0.05) is 24.6 Å². The van der Waals surface area contributed by atoms with E-state index in [4.69, 9.17) is 4.42 Å². The number of aliphatic hydroxyl groups excluding tert-OH is 1. The van der Waals surface area contributed by atoms with Crippen molar-refractivity contribution in [2.45, 2.75) is 24.7 Å². The molecular formula is C13H14O2. The summed E-state index contributed by atoms with van der Waals surface area (Å²) in [5.41, 5.74) is 2.09. The van der Waals surface area contributed by atoms with E-state index in [1.54, 1.807) is 0 Å². The van der Waals surface area contributed by atoms with E-state index in [0.29, 0.717) is 0 Å². The molecule has 1 heterocycles. The molecule has 15 heavy (non-hydrogen) atoms. The van der Waals surface area contributed by atoms with E-state index in [0.717, 1.165) is 23.8 Å². The van der Waals surface area contributed by atoms with Gasteiger partial charge in [0.2, 0.25) is 0 Å². The van der Waals surface area contributed by atoms with Crippen molar-refractivity contribution >= 4 is 11.0 Å². The molecule has 78 valence electrons. The normalized spacial score (nSPS) is 19.0. The summed E-state index contributed by atoms with van der Waals surface area (Å²) < 4.78 is 5.52. The maximum atomic E-state index is 9.53. The summed E-state index contributed by atoms with van der Waals surface area (Å²) in [4.78, 5) is 0. The molecule has 0 saturated heterocycles. The number of rotatable bonds is 2.